The zero-order chi connectivity index (χ0) is 17.8. The van der Waals surface area contributed by atoms with Crippen molar-refractivity contribution in [3.05, 3.63) is 29.1 Å². The minimum atomic E-state index is 0. The maximum Gasteiger partial charge on any atom is 0.229 e. The lowest BCUT2D eigenvalue weighted by Gasteiger charge is -2.16. The first-order chi connectivity index (χ1) is 12.1. The van der Waals surface area contributed by atoms with Crippen molar-refractivity contribution in [2.24, 2.45) is 17.6 Å². The molecule has 0 radical (unpaired) electrons. The van der Waals surface area contributed by atoms with Gasteiger partial charge in [-0.1, -0.05) is 6.42 Å². The molecule has 1 aliphatic rings. The predicted octanol–water partition coefficient (Wildman–Crippen LogP) is 4.25. The summed E-state index contributed by atoms with van der Waals surface area (Å²) in [6, 6.07) is 7.89. The van der Waals surface area contributed by atoms with E-state index in [4.69, 9.17) is 10.5 Å². The van der Waals surface area contributed by atoms with Gasteiger partial charge in [-0.3, -0.25) is 4.79 Å². The predicted molar refractivity (Wildman–Crippen MR) is 109 cm³/mol. The van der Waals surface area contributed by atoms with E-state index in [1.54, 1.807) is 0 Å². The Morgan fingerprint density at radius 1 is 1.35 bits per heavy atom. The van der Waals surface area contributed by atoms with Crippen molar-refractivity contribution < 1.29 is 9.53 Å². The number of halogens is 1. The number of carbonyl (C=O) groups is 1. The van der Waals surface area contributed by atoms with Crippen LogP contribution < -0.4 is 15.8 Å². The Kier molecular flexibility index (Phi) is 7.43. The zero-order valence-corrected chi connectivity index (χ0v) is 16.8. The highest BCUT2D eigenvalue weighted by atomic mass is 35.5. The lowest BCUT2D eigenvalue weighted by atomic mass is 9.95. The van der Waals surface area contributed by atoms with Gasteiger partial charge in [-0.05, 0) is 63.4 Å². The molecular formula is C19H26ClN3O2S. The smallest absolute Gasteiger partial charge is 0.229 e. The third-order valence-electron chi connectivity index (χ3n) is 4.76. The van der Waals surface area contributed by atoms with Gasteiger partial charge < -0.3 is 15.8 Å². The summed E-state index contributed by atoms with van der Waals surface area (Å²) in [6.45, 7) is 5.22. The monoisotopic (exact) mass is 395 g/mol. The van der Waals surface area contributed by atoms with Crippen molar-refractivity contribution in [3.8, 4) is 17.0 Å². The summed E-state index contributed by atoms with van der Waals surface area (Å²) in [6.07, 6.45) is 3.04. The lowest BCUT2D eigenvalue weighted by molar-refractivity contribution is -0.120. The summed E-state index contributed by atoms with van der Waals surface area (Å²) >= 11 is 1.51. The summed E-state index contributed by atoms with van der Waals surface area (Å²) in [5.74, 6) is 1.22. The van der Waals surface area contributed by atoms with Crippen LogP contribution >= 0.6 is 23.7 Å². The molecular weight excluding hydrogens is 370 g/mol. The molecule has 1 heterocycles. The summed E-state index contributed by atoms with van der Waals surface area (Å²) in [5, 5.41) is 3.66. The van der Waals surface area contributed by atoms with E-state index in [1.165, 1.54) is 11.3 Å². The summed E-state index contributed by atoms with van der Waals surface area (Å²) in [4.78, 5) is 18.3. The molecule has 0 saturated heterocycles. The van der Waals surface area contributed by atoms with Gasteiger partial charge in [0.25, 0.3) is 0 Å². The van der Waals surface area contributed by atoms with Gasteiger partial charge in [0, 0.05) is 16.4 Å². The first-order valence-corrected chi connectivity index (χ1v) is 9.65. The molecule has 26 heavy (non-hydrogen) atoms. The zero-order valence-electron chi connectivity index (χ0n) is 15.2. The second-order valence-electron chi connectivity index (χ2n) is 6.40. The maximum atomic E-state index is 12.5. The minimum absolute atomic E-state index is 0. The van der Waals surface area contributed by atoms with E-state index in [0.29, 0.717) is 24.2 Å². The second-order valence-corrected chi connectivity index (χ2v) is 7.61. The second kappa shape index (κ2) is 9.35. The number of hydrogen-bond donors (Lipinski definition) is 2. The average Bonchev–Trinajstić information content (AvgIpc) is 3.22. The molecule has 142 valence electrons. The van der Waals surface area contributed by atoms with Gasteiger partial charge in [0.15, 0.2) is 5.13 Å². The Morgan fingerprint density at radius 2 is 2.08 bits per heavy atom. The van der Waals surface area contributed by atoms with Crippen molar-refractivity contribution in [1.82, 2.24) is 4.98 Å². The SMILES string of the molecule is CCOc1ccc(-c2nc(NC(=O)[C@@H]3CCC[C@@H]3CN)sc2C)cc1.Cl. The number of nitrogens with one attached hydrogen (secondary N) is 1. The number of anilines is 1. The number of amides is 1. The molecule has 3 rings (SSSR count). The van der Waals surface area contributed by atoms with Gasteiger partial charge in [-0.25, -0.2) is 4.98 Å². The molecule has 7 heteroatoms. The van der Waals surface area contributed by atoms with Gasteiger partial charge >= 0.3 is 0 Å². The minimum Gasteiger partial charge on any atom is -0.494 e. The van der Waals surface area contributed by atoms with Crippen LogP contribution in [-0.4, -0.2) is 24.0 Å². The summed E-state index contributed by atoms with van der Waals surface area (Å²) in [7, 11) is 0. The van der Waals surface area contributed by atoms with Crippen LogP contribution in [0.1, 0.15) is 31.1 Å². The molecule has 0 spiro atoms. The first kappa shape index (κ1) is 20.7. The molecule has 0 bridgehead atoms. The molecule has 0 unspecified atom stereocenters. The van der Waals surface area contributed by atoms with E-state index in [0.717, 1.165) is 41.1 Å². The maximum absolute atomic E-state index is 12.5. The van der Waals surface area contributed by atoms with E-state index >= 15 is 0 Å². The molecule has 0 aliphatic heterocycles. The molecule has 1 aromatic heterocycles. The Hall–Kier alpha value is -1.63. The standard InChI is InChI=1S/C19H25N3O2S.ClH/c1-3-24-15-9-7-13(8-10-15)17-12(2)25-19(21-17)22-18(23)16-6-4-5-14(16)11-20;/h7-10,14,16H,3-6,11,20H2,1-2H3,(H,21,22,23);1H/t14-,16-;/m1./s1. The van der Waals surface area contributed by atoms with Crippen molar-refractivity contribution in [3.63, 3.8) is 0 Å². The van der Waals surface area contributed by atoms with Crippen molar-refractivity contribution in [2.75, 3.05) is 18.5 Å². The quantitative estimate of drug-likeness (QED) is 0.766. The van der Waals surface area contributed by atoms with E-state index < -0.39 is 0 Å². The van der Waals surface area contributed by atoms with Gasteiger partial charge in [0.05, 0.1) is 12.3 Å². The van der Waals surface area contributed by atoms with Crippen LogP contribution in [0.2, 0.25) is 0 Å². The average molecular weight is 396 g/mol. The van der Waals surface area contributed by atoms with Crippen LogP contribution in [0.4, 0.5) is 5.13 Å². The normalized spacial score (nSPS) is 19.0. The highest BCUT2D eigenvalue weighted by Crippen LogP contribution is 2.34. The van der Waals surface area contributed by atoms with Gasteiger partial charge in [-0.2, -0.15) is 0 Å². The van der Waals surface area contributed by atoms with Crippen LogP contribution in [0.3, 0.4) is 0 Å². The number of aryl methyl sites for hydroxylation is 1. The fourth-order valence-corrected chi connectivity index (χ4v) is 4.29. The Labute approximate surface area is 164 Å². The van der Waals surface area contributed by atoms with E-state index in [1.807, 2.05) is 38.1 Å². The van der Waals surface area contributed by atoms with Gasteiger partial charge in [0.2, 0.25) is 5.91 Å². The molecule has 1 saturated carbocycles. The molecule has 1 aliphatic carbocycles. The largest absolute Gasteiger partial charge is 0.494 e. The number of ether oxygens (including phenoxy) is 1. The molecule has 2 atom stereocenters. The summed E-state index contributed by atoms with van der Waals surface area (Å²) < 4.78 is 5.48. The van der Waals surface area contributed by atoms with E-state index in [2.05, 4.69) is 10.3 Å². The Balaban J connectivity index is 0.00000243. The topological polar surface area (TPSA) is 77.2 Å². The van der Waals surface area contributed by atoms with Crippen LogP contribution in [0, 0.1) is 18.8 Å². The molecule has 1 fully saturated rings. The number of nitrogens with zero attached hydrogens (tertiary/aromatic N) is 1. The molecule has 2 aromatic rings. The number of hydrogen-bond acceptors (Lipinski definition) is 5. The van der Waals surface area contributed by atoms with Crippen LogP contribution in [-0.2, 0) is 4.79 Å². The Morgan fingerprint density at radius 3 is 2.73 bits per heavy atom. The van der Waals surface area contributed by atoms with Gasteiger partial charge in [-0.15, -0.1) is 23.7 Å². The summed E-state index contributed by atoms with van der Waals surface area (Å²) in [5.41, 5.74) is 7.72. The van der Waals surface area contributed by atoms with Crippen LogP contribution in [0.15, 0.2) is 24.3 Å². The van der Waals surface area contributed by atoms with Crippen molar-refractivity contribution in [2.45, 2.75) is 33.1 Å². The number of nitrogens with two attached hydrogens (primary N) is 1. The van der Waals surface area contributed by atoms with E-state index in [-0.39, 0.29) is 24.2 Å². The molecule has 1 aromatic carbocycles. The van der Waals surface area contributed by atoms with Crippen molar-refractivity contribution in [1.29, 1.82) is 0 Å². The van der Waals surface area contributed by atoms with Crippen LogP contribution in [0.25, 0.3) is 11.3 Å². The molecule has 5 nitrogen and oxygen atoms in total. The first-order valence-electron chi connectivity index (χ1n) is 8.84. The third-order valence-corrected chi connectivity index (χ3v) is 5.65. The number of aromatic nitrogens is 1. The molecule has 3 N–H and O–H groups in total. The van der Waals surface area contributed by atoms with Crippen LogP contribution in [0.5, 0.6) is 5.75 Å². The lowest BCUT2D eigenvalue weighted by Crippen LogP contribution is -2.29. The Bertz CT molecular complexity index is 733. The number of benzene rings is 1. The fraction of sp³-hybridized carbons (Fsp3) is 0.474. The number of thiazole rings is 1. The number of rotatable bonds is 6. The van der Waals surface area contributed by atoms with Crippen molar-refractivity contribution >= 4 is 34.8 Å². The highest BCUT2D eigenvalue weighted by molar-refractivity contribution is 7.16. The number of carbonyl (C=O) groups excluding carboxylic acids is 1. The fourth-order valence-electron chi connectivity index (χ4n) is 3.46. The highest BCUT2D eigenvalue weighted by Gasteiger charge is 2.32. The van der Waals surface area contributed by atoms with E-state index in [9.17, 15) is 4.79 Å². The van der Waals surface area contributed by atoms with Gasteiger partial charge in [0.1, 0.15) is 5.75 Å². The third kappa shape index (κ3) is 4.55. The molecule has 1 amide bonds.